The van der Waals surface area contributed by atoms with Gasteiger partial charge in [0.05, 0.1) is 13.7 Å². The van der Waals surface area contributed by atoms with E-state index in [1.807, 2.05) is 24.3 Å². The van der Waals surface area contributed by atoms with Crippen LogP contribution < -0.4 is 10.1 Å². The van der Waals surface area contributed by atoms with Crippen molar-refractivity contribution in [1.29, 1.82) is 0 Å². The van der Waals surface area contributed by atoms with E-state index in [4.69, 9.17) is 4.74 Å². The van der Waals surface area contributed by atoms with Crippen LogP contribution in [0.2, 0.25) is 0 Å². The molecule has 0 aromatic heterocycles. The second-order valence-electron chi connectivity index (χ2n) is 8.14. The van der Waals surface area contributed by atoms with Crippen molar-refractivity contribution in [1.82, 2.24) is 15.1 Å². The topological polar surface area (TPSA) is 44.8 Å². The highest BCUT2D eigenvalue weighted by atomic mass is 16.5. The Balaban J connectivity index is 1.18. The van der Waals surface area contributed by atoms with Gasteiger partial charge in [-0.25, -0.2) is 0 Å². The first kappa shape index (κ1) is 21.3. The molecule has 4 rings (SSSR count). The zero-order valence-corrected chi connectivity index (χ0v) is 18.2. The van der Waals surface area contributed by atoms with E-state index in [2.05, 4.69) is 57.6 Å². The van der Waals surface area contributed by atoms with Crippen molar-refractivity contribution < 1.29 is 9.53 Å². The van der Waals surface area contributed by atoms with E-state index in [9.17, 15) is 4.79 Å². The van der Waals surface area contributed by atoms with E-state index in [0.717, 1.165) is 44.9 Å². The predicted molar refractivity (Wildman–Crippen MR) is 125 cm³/mol. The van der Waals surface area contributed by atoms with Crippen LogP contribution in [0.3, 0.4) is 0 Å². The van der Waals surface area contributed by atoms with Gasteiger partial charge in [0, 0.05) is 39.3 Å². The molecule has 0 saturated carbocycles. The fraction of sp³-hybridized carbons (Fsp3) is 0.346. The zero-order chi connectivity index (χ0) is 21.5. The Morgan fingerprint density at radius 2 is 1.61 bits per heavy atom. The third-order valence-electron chi connectivity index (χ3n) is 6.00. The van der Waals surface area contributed by atoms with Gasteiger partial charge in [0.25, 0.3) is 0 Å². The number of nitrogens with zero attached hydrogens (tertiary/aromatic N) is 2. The quantitative estimate of drug-likeness (QED) is 0.611. The number of hydrogen-bond acceptors (Lipinski definition) is 4. The fourth-order valence-electron chi connectivity index (χ4n) is 4.17. The number of rotatable bonds is 8. The van der Waals surface area contributed by atoms with E-state index in [1.165, 1.54) is 21.9 Å². The Labute approximate surface area is 184 Å². The average molecular weight is 418 g/mol. The number of nitrogens with one attached hydrogen (secondary N) is 1. The van der Waals surface area contributed by atoms with Crippen molar-refractivity contribution in [2.45, 2.75) is 13.0 Å². The first-order valence-electron chi connectivity index (χ1n) is 11.0. The molecule has 0 bridgehead atoms. The van der Waals surface area contributed by atoms with Crippen molar-refractivity contribution >= 4 is 16.7 Å². The van der Waals surface area contributed by atoms with Crippen LogP contribution in [0.4, 0.5) is 0 Å². The number of carbonyl (C=O) groups is 1. The lowest BCUT2D eigenvalue weighted by molar-refractivity contribution is -0.122. The standard InChI is InChI=1S/C26H31N3O2/c1-31-24-11-9-21(10-12-24)13-14-27-26(30)20-29-17-15-28(16-18-29)19-23-7-4-6-22-5-2-3-8-25(22)23/h2-12H,13-20H2,1H3,(H,27,30). The normalized spacial score (nSPS) is 15.1. The maximum Gasteiger partial charge on any atom is 0.234 e. The maximum atomic E-state index is 12.3. The summed E-state index contributed by atoms with van der Waals surface area (Å²) < 4.78 is 5.18. The molecule has 31 heavy (non-hydrogen) atoms. The van der Waals surface area contributed by atoms with Gasteiger partial charge in [-0.3, -0.25) is 14.6 Å². The van der Waals surface area contributed by atoms with Gasteiger partial charge in [-0.15, -0.1) is 0 Å². The molecule has 0 spiro atoms. The van der Waals surface area contributed by atoms with Gasteiger partial charge in [0.15, 0.2) is 0 Å². The lowest BCUT2D eigenvalue weighted by atomic mass is 10.0. The molecule has 0 unspecified atom stereocenters. The minimum Gasteiger partial charge on any atom is -0.497 e. The minimum atomic E-state index is 0.107. The Kier molecular flexibility index (Phi) is 7.18. The van der Waals surface area contributed by atoms with E-state index in [1.54, 1.807) is 7.11 Å². The Bertz CT molecular complexity index is 990. The van der Waals surface area contributed by atoms with Crippen molar-refractivity contribution in [2.24, 2.45) is 0 Å². The first-order chi connectivity index (χ1) is 15.2. The SMILES string of the molecule is COc1ccc(CCNC(=O)CN2CCN(Cc3cccc4ccccc34)CC2)cc1. The van der Waals surface area contributed by atoms with Gasteiger partial charge in [0.1, 0.15) is 5.75 Å². The van der Waals surface area contributed by atoms with Crippen LogP contribution in [0.15, 0.2) is 66.7 Å². The third kappa shape index (κ3) is 5.84. The Hall–Kier alpha value is -2.89. The molecule has 1 fully saturated rings. The first-order valence-corrected chi connectivity index (χ1v) is 11.0. The van der Waals surface area contributed by atoms with Crippen LogP contribution >= 0.6 is 0 Å². The number of benzene rings is 3. The molecule has 1 aliphatic heterocycles. The second-order valence-corrected chi connectivity index (χ2v) is 8.14. The predicted octanol–water partition coefficient (Wildman–Crippen LogP) is 3.32. The molecule has 0 radical (unpaired) electrons. The molecule has 0 atom stereocenters. The van der Waals surface area contributed by atoms with Gasteiger partial charge in [-0.1, -0.05) is 54.6 Å². The zero-order valence-electron chi connectivity index (χ0n) is 18.2. The van der Waals surface area contributed by atoms with Gasteiger partial charge < -0.3 is 10.1 Å². The van der Waals surface area contributed by atoms with Crippen LogP contribution in [0.25, 0.3) is 10.8 Å². The highest BCUT2D eigenvalue weighted by molar-refractivity contribution is 5.85. The summed E-state index contributed by atoms with van der Waals surface area (Å²) in [5, 5.41) is 5.69. The molecule has 1 N–H and O–H groups in total. The lowest BCUT2D eigenvalue weighted by Crippen LogP contribution is -2.49. The second kappa shape index (κ2) is 10.4. The number of ether oxygens (including phenoxy) is 1. The largest absolute Gasteiger partial charge is 0.497 e. The van der Waals surface area contributed by atoms with E-state index in [0.29, 0.717) is 13.1 Å². The van der Waals surface area contributed by atoms with Gasteiger partial charge >= 0.3 is 0 Å². The number of carbonyl (C=O) groups excluding carboxylic acids is 1. The molecule has 162 valence electrons. The molecular formula is C26H31N3O2. The van der Waals surface area contributed by atoms with Crippen molar-refractivity contribution in [3.05, 3.63) is 77.9 Å². The summed E-state index contributed by atoms with van der Waals surface area (Å²) in [6, 6.07) is 23.1. The van der Waals surface area contributed by atoms with Crippen molar-refractivity contribution in [3.63, 3.8) is 0 Å². The Morgan fingerprint density at radius 1 is 0.903 bits per heavy atom. The summed E-state index contributed by atoms with van der Waals surface area (Å²) in [5.74, 6) is 0.961. The minimum absolute atomic E-state index is 0.107. The average Bonchev–Trinajstić information content (AvgIpc) is 2.81. The number of piperazine rings is 1. The fourth-order valence-corrected chi connectivity index (χ4v) is 4.17. The molecule has 3 aromatic rings. The van der Waals surface area contributed by atoms with Gasteiger partial charge in [-0.2, -0.15) is 0 Å². The molecule has 1 amide bonds. The number of amides is 1. The van der Waals surface area contributed by atoms with Gasteiger partial charge in [0.2, 0.25) is 5.91 Å². The summed E-state index contributed by atoms with van der Waals surface area (Å²) in [4.78, 5) is 17.1. The molecular weight excluding hydrogens is 386 g/mol. The lowest BCUT2D eigenvalue weighted by Gasteiger charge is -2.34. The molecule has 5 nitrogen and oxygen atoms in total. The monoisotopic (exact) mass is 417 g/mol. The summed E-state index contributed by atoms with van der Waals surface area (Å²) >= 11 is 0. The molecule has 5 heteroatoms. The van der Waals surface area contributed by atoms with Crippen LogP contribution in [0.1, 0.15) is 11.1 Å². The van der Waals surface area contributed by atoms with Crippen LogP contribution in [0.5, 0.6) is 5.75 Å². The molecule has 1 saturated heterocycles. The van der Waals surface area contributed by atoms with Crippen molar-refractivity contribution in [2.75, 3.05) is 46.4 Å². The van der Waals surface area contributed by atoms with E-state index < -0.39 is 0 Å². The number of methoxy groups -OCH3 is 1. The third-order valence-corrected chi connectivity index (χ3v) is 6.00. The van der Waals surface area contributed by atoms with Gasteiger partial charge in [-0.05, 0) is 40.5 Å². The van der Waals surface area contributed by atoms with Crippen LogP contribution in [0, 0.1) is 0 Å². The maximum absolute atomic E-state index is 12.3. The van der Waals surface area contributed by atoms with Crippen LogP contribution in [-0.2, 0) is 17.8 Å². The summed E-state index contributed by atoms with van der Waals surface area (Å²) in [5.41, 5.74) is 2.57. The highest BCUT2D eigenvalue weighted by Crippen LogP contribution is 2.20. The summed E-state index contributed by atoms with van der Waals surface area (Å²) in [6.07, 6.45) is 0.828. The van der Waals surface area contributed by atoms with Crippen molar-refractivity contribution in [3.8, 4) is 5.75 Å². The number of hydrogen-bond donors (Lipinski definition) is 1. The van der Waals surface area contributed by atoms with E-state index in [-0.39, 0.29) is 5.91 Å². The summed E-state index contributed by atoms with van der Waals surface area (Å²) in [7, 11) is 1.67. The Morgan fingerprint density at radius 3 is 2.39 bits per heavy atom. The number of fused-ring (bicyclic) bond motifs is 1. The highest BCUT2D eigenvalue weighted by Gasteiger charge is 2.19. The smallest absolute Gasteiger partial charge is 0.234 e. The van der Waals surface area contributed by atoms with Crippen LogP contribution in [-0.4, -0.2) is 62.1 Å². The summed E-state index contributed by atoms with van der Waals surface area (Å²) in [6.45, 7) is 5.93. The molecule has 1 aliphatic rings. The molecule has 0 aliphatic carbocycles. The molecule has 1 heterocycles. The molecule has 3 aromatic carbocycles. The van der Waals surface area contributed by atoms with E-state index >= 15 is 0 Å².